The van der Waals surface area contributed by atoms with Crippen LogP contribution in [0.4, 0.5) is 11.4 Å². The highest BCUT2D eigenvalue weighted by molar-refractivity contribution is 6.37. The minimum Gasteiger partial charge on any atom is -0.491 e. The standard InChI is InChI=1S/C25H21ClN2O4/c1-3-15(2)32-18-11-8-16(9-12-18)23(29)27-22-13-10-17(14-21(22)26)28-24(30)19-6-4-5-7-20(19)25(28)31/h4-15H,3H2,1-2H3,(H,27,29)/t15-/m0/s1. The van der Waals surface area contributed by atoms with Crippen LogP contribution >= 0.6 is 11.6 Å². The normalized spacial score (nSPS) is 13.7. The fourth-order valence-corrected chi connectivity index (χ4v) is 3.59. The van der Waals surface area contributed by atoms with Gasteiger partial charge in [-0.05, 0) is 67.9 Å². The van der Waals surface area contributed by atoms with Gasteiger partial charge < -0.3 is 10.1 Å². The van der Waals surface area contributed by atoms with Gasteiger partial charge >= 0.3 is 0 Å². The monoisotopic (exact) mass is 448 g/mol. The van der Waals surface area contributed by atoms with Crippen LogP contribution in [0, 0.1) is 0 Å². The van der Waals surface area contributed by atoms with Crippen LogP contribution < -0.4 is 15.0 Å². The number of hydrogen-bond donors (Lipinski definition) is 1. The maximum atomic E-state index is 12.7. The van der Waals surface area contributed by atoms with Crippen LogP contribution in [0.25, 0.3) is 0 Å². The van der Waals surface area contributed by atoms with E-state index >= 15 is 0 Å². The summed E-state index contributed by atoms with van der Waals surface area (Å²) < 4.78 is 5.73. The number of fused-ring (bicyclic) bond motifs is 1. The minimum atomic E-state index is -0.404. The molecule has 0 aliphatic carbocycles. The maximum Gasteiger partial charge on any atom is 0.266 e. The number of nitrogens with zero attached hydrogens (tertiary/aromatic N) is 1. The zero-order valence-corrected chi connectivity index (χ0v) is 18.3. The summed E-state index contributed by atoms with van der Waals surface area (Å²) in [6.45, 7) is 4.02. The van der Waals surface area contributed by atoms with Crippen molar-refractivity contribution in [2.24, 2.45) is 0 Å². The van der Waals surface area contributed by atoms with Crippen molar-refractivity contribution in [1.29, 1.82) is 0 Å². The van der Waals surface area contributed by atoms with E-state index in [9.17, 15) is 14.4 Å². The van der Waals surface area contributed by atoms with Crippen molar-refractivity contribution in [3.05, 3.63) is 88.4 Å². The van der Waals surface area contributed by atoms with Gasteiger partial charge in [0.15, 0.2) is 0 Å². The lowest BCUT2D eigenvalue weighted by molar-refractivity contribution is 0.0924. The Kier molecular flexibility index (Phi) is 5.97. The number of nitrogens with one attached hydrogen (secondary N) is 1. The summed E-state index contributed by atoms with van der Waals surface area (Å²) in [5, 5.41) is 2.97. The predicted octanol–water partition coefficient (Wildman–Crippen LogP) is 5.57. The molecular weight excluding hydrogens is 428 g/mol. The number of carbonyl (C=O) groups is 3. The number of rotatable bonds is 6. The van der Waals surface area contributed by atoms with E-state index < -0.39 is 11.8 Å². The van der Waals surface area contributed by atoms with E-state index in [-0.39, 0.29) is 17.0 Å². The van der Waals surface area contributed by atoms with E-state index in [0.29, 0.717) is 33.8 Å². The number of halogens is 1. The Bertz CT molecular complexity index is 1170. The number of anilines is 2. The summed E-state index contributed by atoms with van der Waals surface area (Å²) in [6.07, 6.45) is 0.978. The zero-order valence-electron chi connectivity index (χ0n) is 17.6. The fourth-order valence-electron chi connectivity index (χ4n) is 3.36. The summed E-state index contributed by atoms with van der Waals surface area (Å²) in [5.74, 6) is -0.453. The average Bonchev–Trinajstić information content (AvgIpc) is 3.06. The average molecular weight is 449 g/mol. The number of imide groups is 1. The Hall–Kier alpha value is -3.64. The first-order valence-electron chi connectivity index (χ1n) is 10.2. The summed E-state index contributed by atoms with van der Waals surface area (Å²) in [6, 6.07) is 18.1. The summed E-state index contributed by atoms with van der Waals surface area (Å²) in [7, 11) is 0. The quantitative estimate of drug-likeness (QED) is 0.500. The first kappa shape index (κ1) is 21.6. The molecule has 1 N–H and O–H groups in total. The van der Waals surface area contributed by atoms with Crippen molar-refractivity contribution >= 4 is 40.7 Å². The van der Waals surface area contributed by atoms with Gasteiger partial charge in [-0.15, -0.1) is 0 Å². The number of amides is 3. The lowest BCUT2D eigenvalue weighted by Gasteiger charge is -2.16. The number of carbonyl (C=O) groups excluding carboxylic acids is 3. The van der Waals surface area contributed by atoms with Crippen molar-refractivity contribution in [2.45, 2.75) is 26.4 Å². The second-order valence-electron chi connectivity index (χ2n) is 7.47. The summed E-state index contributed by atoms with van der Waals surface area (Å²) >= 11 is 6.36. The molecule has 0 aromatic heterocycles. The third-order valence-corrected chi connectivity index (χ3v) is 5.59. The highest BCUT2D eigenvalue weighted by Crippen LogP contribution is 2.33. The Morgan fingerprint density at radius 2 is 1.62 bits per heavy atom. The molecule has 7 heteroatoms. The van der Waals surface area contributed by atoms with Gasteiger partial charge in [-0.25, -0.2) is 4.90 Å². The SMILES string of the molecule is CC[C@H](C)Oc1ccc(C(=O)Nc2ccc(N3C(=O)c4ccccc4C3=O)cc2Cl)cc1. The van der Waals surface area contributed by atoms with E-state index in [1.165, 1.54) is 6.07 Å². The van der Waals surface area contributed by atoms with Crippen LogP contribution in [0.1, 0.15) is 51.3 Å². The van der Waals surface area contributed by atoms with E-state index in [0.717, 1.165) is 11.3 Å². The molecule has 0 unspecified atom stereocenters. The highest BCUT2D eigenvalue weighted by Gasteiger charge is 2.36. The third kappa shape index (κ3) is 4.09. The summed E-state index contributed by atoms with van der Waals surface area (Å²) in [5.41, 5.74) is 1.86. The van der Waals surface area contributed by atoms with E-state index in [4.69, 9.17) is 16.3 Å². The molecular formula is C25H21ClN2O4. The van der Waals surface area contributed by atoms with Crippen molar-refractivity contribution in [3.63, 3.8) is 0 Å². The minimum absolute atomic E-state index is 0.0918. The number of ether oxygens (including phenoxy) is 1. The van der Waals surface area contributed by atoms with Crippen LogP contribution in [0.2, 0.25) is 5.02 Å². The number of hydrogen-bond acceptors (Lipinski definition) is 4. The molecule has 1 aliphatic rings. The Labute approximate surface area is 190 Å². The van der Waals surface area contributed by atoms with Gasteiger partial charge in [0, 0.05) is 5.56 Å². The van der Waals surface area contributed by atoms with Crippen LogP contribution in [0.3, 0.4) is 0 Å². The topological polar surface area (TPSA) is 75.7 Å². The molecule has 0 radical (unpaired) electrons. The number of benzene rings is 3. The molecule has 4 rings (SSSR count). The van der Waals surface area contributed by atoms with Crippen molar-refractivity contribution in [3.8, 4) is 5.75 Å². The molecule has 0 fully saturated rings. The van der Waals surface area contributed by atoms with Crippen LogP contribution in [0.15, 0.2) is 66.7 Å². The van der Waals surface area contributed by atoms with E-state index in [2.05, 4.69) is 5.32 Å². The Balaban J connectivity index is 1.49. The second kappa shape index (κ2) is 8.85. The molecule has 0 bridgehead atoms. The molecule has 0 saturated carbocycles. The zero-order chi connectivity index (χ0) is 22.8. The molecule has 32 heavy (non-hydrogen) atoms. The third-order valence-electron chi connectivity index (χ3n) is 5.28. The first-order valence-corrected chi connectivity index (χ1v) is 10.6. The van der Waals surface area contributed by atoms with Gasteiger partial charge in [-0.1, -0.05) is 30.7 Å². The van der Waals surface area contributed by atoms with Crippen molar-refractivity contribution < 1.29 is 19.1 Å². The van der Waals surface area contributed by atoms with Gasteiger partial charge in [-0.2, -0.15) is 0 Å². The largest absolute Gasteiger partial charge is 0.491 e. The molecule has 0 spiro atoms. The van der Waals surface area contributed by atoms with Gasteiger partial charge in [0.05, 0.1) is 33.6 Å². The predicted molar refractivity (Wildman–Crippen MR) is 124 cm³/mol. The molecule has 1 aliphatic heterocycles. The molecule has 162 valence electrons. The van der Waals surface area contributed by atoms with Crippen molar-refractivity contribution in [1.82, 2.24) is 0 Å². The molecule has 3 aromatic carbocycles. The first-order chi connectivity index (χ1) is 15.4. The summed E-state index contributed by atoms with van der Waals surface area (Å²) in [4.78, 5) is 39.0. The lowest BCUT2D eigenvalue weighted by Crippen LogP contribution is -2.29. The van der Waals surface area contributed by atoms with Crippen LogP contribution in [0.5, 0.6) is 5.75 Å². The van der Waals surface area contributed by atoms with Gasteiger partial charge in [-0.3, -0.25) is 14.4 Å². The van der Waals surface area contributed by atoms with Gasteiger partial charge in [0.25, 0.3) is 17.7 Å². The lowest BCUT2D eigenvalue weighted by atomic mass is 10.1. The maximum absolute atomic E-state index is 12.7. The Morgan fingerprint density at radius 3 is 2.19 bits per heavy atom. The molecule has 0 saturated heterocycles. The molecule has 1 atom stereocenters. The van der Waals surface area contributed by atoms with Crippen molar-refractivity contribution in [2.75, 3.05) is 10.2 Å². The molecule has 3 amide bonds. The van der Waals surface area contributed by atoms with Crippen LogP contribution in [-0.2, 0) is 0 Å². The fraction of sp³-hybridized carbons (Fsp3) is 0.160. The van der Waals surface area contributed by atoms with Crippen LogP contribution in [-0.4, -0.2) is 23.8 Å². The molecule has 3 aromatic rings. The molecule has 6 nitrogen and oxygen atoms in total. The van der Waals surface area contributed by atoms with E-state index in [1.807, 2.05) is 13.8 Å². The van der Waals surface area contributed by atoms with Gasteiger partial charge in [0.1, 0.15) is 5.75 Å². The highest BCUT2D eigenvalue weighted by atomic mass is 35.5. The molecule has 1 heterocycles. The smallest absolute Gasteiger partial charge is 0.266 e. The Morgan fingerprint density at radius 1 is 1.00 bits per heavy atom. The van der Waals surface area contributed by atoms with E-state index in [1.54, 1.807) is 60.7 Å². The van der Waals surface area contributed by atoms with Gasteiger partial charge in [0.2, 0.25) is 0 Å². The second-order valence-corrected chi connectivity index (χ2v) is 7.88.